The molecule has 3 aromatic rings. The van der Waals surface area contributed by atoms with Crippen molar-refractivity contribution in [1.82, 2.24) is 14.9 Å². The first-order valence-corrected chi connectivity index (χ1v) is 9.41. The molecule has 134 valence electrons. The molecule has 0 fully saturated rings. The van der Waals surface area contributed by atoms with Gasteiger partial charge in [0.25, 0.3) is 0 Å². The molecule has 0 bridgehead atoms. The van der Waals surface area contributed by atoms with Crippen molar-refractivity contribution in [3.63, 3.8) is 0 Å². The molecule has 0 radical (unpaired) electrons. The fraction of sp³-hybridized carbons (Fsp3) is 0.167. The predicted octanol–water partition coefficient (Wildman–Crippen LogP) is 4.22. The molecule has 26 heavy (non-hydrogen) atoms. The third-order valence-corrected chi connectivity index (χ3v) is 4.70. The largest absolute Gasteiger partial charge is 0.504 e. The normalized spacial score (nSPS) is 11.1. The molecule has 0 spiro atoms. The lowest BCUT2D eigenvalue weighted by atomic mass is 10.2. The zero-order valence-corrected chi connectivity index (χ0v) is 15.8. The number of aromatic amines is 1. The highest BCUT2D eigenvalue weighted by Gasteiger charge is 2.07. The molecule has 1 aromatic heterocycles. The molecule has 0 saturated carbocycles. The minimum absolute atomic E-state index is 0.100. The number of rotatable bonds is 7. The number of hydrogen-bond donors (Lipinski definition) is 2. The lowest BCUT2D eigenvalue weighted by Gasteiger charge is -2.06. The SMILES string of the molecule is CCOc1cc(/C=N/n2c(SCc3ccccc3)n[nH]c2=S)ccc1O. The Morgan fingerprint density at radius 2 is 2.12 bits per heavy atom. The van der Waals surface area contributed by atoms with Crippen LogP contribution in [0, 0.1) is 4.77 Å². The van der Waals surface area contributed by atoms with E-state index in [9.17, 15) is 5.11 Å². The van der Waals surface area contributed by atoms with Gasteiger partial charge in [-0.15, -0.1) is 5.10 Å². The summed E-state index contributed by atoms with van der Waals surface area (Å²) in [5.74, 6) is 1.29. The highest BCUT2D eigenvalue weighted by Crippen LogP contribution is 2.26. The zero-order valence-electron chi connectivity index (χ0n) is 14.1. The number of aromatic hydroxyl groups is 1. The van der Waals surface area contributed by atoms with Crippen molar-refractivity contribution in [2.45, 2.75) is 17.8 Å². The van der Waals surface area contributed by atoms with Gasteiger partial charge in [-0.25, -0.2) is 5.10 Å². The van der Waals surface area contributed by atoms with Crippen molar-refractivity contribution in [2.24, 2.45) is 5.10 Å². The minimum atomic E-state index is 0.100. The van der Waals surface area contributed by atoms with Crippen LogP contribution in [-0.2, 0) is 5.75 Å². The molecule has 6 nitrogen and oxygen atoms in total. The Kier molecular flexibility index (Phi) is 6.08. The van der Waals surface area contributed by atoms with E-state index in [0.29, 0.717) is 22.3 Å². The maximum atomic E-state index is 9.77. The van der Waals surface area contributed by atoms with E-state index in [0.717, 1.165) is 11.3 Å². The summed E-state index contributed by atoms with van der Waals surface area (Å²) >= 11 is 6.81. The second-order valence-electron chi connectivity index (χ2n) is 5.30. The first kappa shape index (κ1) is 18.2. The molecule has 0 atom stereocenters. The third kappa shape index (κ3) is 4.53. The van der Waals surface area contributed by atoms with E-state index in [1.165, 1.54) is 5.56 Å². The molecule has 2 N–H and O–H groups in total. The Morgan fingerprint density at radius 1 is 1.31 bits per heavy atom. The van der Waals surface area contributed by atoms with Crippen LogP contribution in [0.2, 0.25) is 0 Å². The second-order valence-corrected chi connectivity index (χ2v) is 6.63. The second kappa shape index (κ2) is 8.68. The summed E-state index contributed by atoms with van der Waals surface area (Å²) in [5, 5.41) is 21.9. The summed E-state index contributed by atoms with van der Waals surface area (Å²) in [5.41, 5.74) is 1.98. The molecule has 0 aliphatic heterocycles. The van der Waals surface area contributed by atoms with Crippen molar-refractivity contribution in [1.29, 1.82) is 0 Å². The van der Waals surface area contributed by atoms with Gasteiger partial charge in [-0.1, -0.05) is 42.1 Å². The van der Waals surface area contributed by atoms with Gasteiger partial charge in [-0.3, -0.25) is 0 Å². The molecule has 1 heterocycles. The number of nitrogens with zero attached hydrogens (tertiary/aromatic N) is 3. The van der Waals surface area contributed by atoms with Gasteiger partial charge in [0.05, 0.1) is 12.8 Å². The van der Waals surface area contributed by atoms with Gasteiger partial charge in [-0.2, -0.15) is 9.78 Å². The molecule has 3 rings (SSSR count). The number of phenols is 1. The van der Waals surface area contributed by atoms with Crippen LogP contribution in [-0.4, -0.2) is 32.8 Å². The molecular weight excluding hydrogens is 368 g/mol. The average Bonchev–Trinajstić information content (AvgIpc) is 3.01. The number of hydrogen-bond acceptors (Lipinski definition) is 6. The fourth-order valence-electron chi connectivity index (χ4n) is 2.20. The van der Waals surface area contributed by atoms with Crippen LogP contribution in [0.3, 0.4) is 0 Å². The van der Waals surface area contributed by atoms with Crippen molar-refractivity contribution in [3.8, 4) is 11.5 Å². The predicted molar refractivity (Wildman–Crippen MR) is 106 cm³/mol. The molecule has 0 saturated heterocycles. The van der Waals surface area contributed by atoms with Crippen LogP contribution >= 0.6 is 24.0 Å². The Balaban J connectivity index is 1.77. The van der Waals surface area contributed by atoms with E-state index in [4.69, 9.17) is 17.0 Å². The number of nitrogens with one attached hydrogen (secondary N) is 1. The highest BCUT2D eigenvalue weighted by molar-refractivity contribution is 7.98. The lowest BCUT2D eigenvalue weighted by molar-refractivity contribution is 0.318. The number of phenolic OH excluding ortho intramolecular Hbond substituents is 1. The number of ether oxygens (including phenoxy) is 1. The third-order valence-electron chi connectivity index (χ3n) is 3.44. The quantitative estimate of drug-likeness (QED) is 0.361. The van der Waals surface area contributed by atoms with Crippen molar-refractivity contribution in [2.75, 3.05) is 6.61 Å². The minimum Gasteiger partial charge on any atom is -0.504 e. The van der Waals surface area contributed by atoms with E-state index in [1.54, 1.807) is 40.9 Å². The smallest absolute Gasteiger partial charge is 0.217 e. The van der Waals surface area contributed by atoms with Gasteiger partial charge in [0.2, 0.25) is 9.93 Å². The Hall–Kier alpha value is -2.58. The van der Waals surface area contributed by atoms with Gasteiger partial charge in [0.15, 0.2) is 11.5 Å². The molecule has 0 unspecified atom stereocenters. The van der Waals surface area contributed by atoms with E-state index < -0.39 is 0 Å². The van der Waals surface area contributed by atoms with Crippen LogP contribution in [0.4, 0.5) is 0 Å². The van der Waals surface area contributed by atoms with E-state index >= 15 is 0 Å². The molecule has 2 aromatic carbocycles. The Morgan fingerprint density at radius 3 is 2.88 bits per heavy atom. The van der Waals surface area contributed by atoms with Crippen molar-refractivity contribution < 1.29 is 9.84 Å². The number of thioether (sulfide) groups is 1. The van der Waals surface area contributed by atoms with Crippen molar-refractivity contribution in [3.05, 3.63) is 64.4 Å². The Labute approximate surface area is 160 Å². The van der Waals surface area contributed by atoms with Gasteiger partial charge in [-0.05, 0) is 48.5 Å². The van der Waals surface area contributed by atoms with Gasteiger partial charge in [0.1, 0.15) is 0 Å². The van der Waals surface area contributed by atoms with Gasteiger partial charge < -0.3 is 9.84 Å². The number of benzene rings is 2. The summed E-state index contributed by atoms with van der Waals surface area (Å²) in [6, 6.07) is 15.2. The van der Waals surface area contributed by atoms with E-state index in [-0.39, 0.29) is 5.75 Å². The molecule has 0 aliphatic carbocycles. The van der Waals surface area contributed by atoms with Crippen LogP contribution in [0.15, 0.2) is 58.8 Å². The molecule has 8 heteroatoms. The van der Waals surface area contributed by atoms with E-state index in [1.807, 2.05) is 25.1 Å². The number of aromatic nitrogens is 3. The standard InChI is InChI=1S/C18H18N4O2S2/c1-2-24-16-10-14(8-9-15(16)23)11-19-22-17(25)20-21-18(22)26-12-13-6-4-3-5-7-13/h3-11,23H,2,12H2,1H3,(H,20,25)/b19-11+. The van der Waals surface area contributed by atoms with Crippen LogP contribution in [0.1, 0.15) is 18.1 Å². The summed E-state index contributed by atoms with van der Waals surface area (Å²) in [4.78, 5) is 0. The van der Waals surface area contributed by atoms with Crippen LogP contribution in [0.5, 0.6) is 11.5 Å². The molecule has 0 aliphatic rings. The topological polar surface area (TPSA) is 75.4 Å². The molecular formula is C18H18N4O2S2. The fourth-order valence-corrected chi connectivity index (χ4v) is 3.30. The maximum absolute atomic E-state index is 9.77. The first-order chi connectivity index (χ1) is 12.7. The van der Waals surface area contributed by atoms with E-state index in [2.05, 4.69) is 27.4 Å². The summed E-state index contributed by atoms with van der Waals surface area (Å²) in [6.07, 6.45) is 1.65. The lowest BCUT2D eigenvalue weighted by Crippen LogP contribution is -1.96. The molecule has 0 amide bonds. The van der Waals surface area contributed by atoms with Crippen LogP contribution in [0.25, 0.3) is 0 Å². The summed E-state index contributed by atoms with van der Waals surface area (Å²) in [6.45, 7) is 2.34. The maximum Gasteiger partial charge on any atom is 0.217 e. The van der Waals surface area contributed by atoms with Crippen LogP contribution < -0.4 is 4.74 Å². The summed E-state index contributed by atoms with van der Waals surface area (Å²) in [7, 11) is 0. The zero-order chi connectivity index (χ0) is 18.4. The summed E-state index contributed by atoms with van der Waals surface area (Å²) < 4.78 is 7.38. The highest BCUT2D eigenvalue weighted by atomic mass is 32.2. The first-order valence-electron chi connectivity index (χ1n) is 8.01. The average molecular weight is 387 g/mol. The van der Waals surface area contributed by atoms with Gasteiger partial charge in [0, 0.05) is 5.75 Å². The monoisotopic (exact) mass is 386 g/mol. The Bertz CT molecular complexity index is 951. The number of H-pyrrole nitrogens is 1. The van der Waals surface area contributed by atoms with Gasteiger partial charge >= 0.3 is 0 Å². The van der Waals surface area contributed by atoms with Crippen molar-refractivity contribution >= 4 is 30.2 Å².